The van der Waals surface area contributed by atoms with Gasteiger partial charge in [-0.05, 0) is 60.4 Å². The van der Waals surface area contributed by atoms with Crippen molar-refractivity contribution in [2.24, 2.45) is 5.92 Å². The molecule has 0 spiro atoms. The van der Waals surface area contributed by atoms with E-state index in [9.17, 15) is 0 Å². The number of halogens is 3. The summed E-state index contributed by atoms with van der Waals surface area (Å²) >= 11 is 16.3. The summed E-state index contributed by atoms with van der Waals surface area (Å²) in [5, 5.41) is 1.48. The van der Waals surface area contributed by atoms with Crippen LogP contribution in [0.15, 0.2) is 42.5 Å². The molecule has 0 heterocycles. The lowest BCUT2D eigenvalue weighted by Gasteiger charge is -2.22. The molecule has 0 aromatic heterocycles. The Morgan fingerprint density at radius 1 is 1.10 bits per heavy atom. The van der Waals surface area contributed by atoms with Crippen molar-refractivity contribution < 1.29 is 0 Å². The van der Waals surface area contributed by atoms with Gasteiger partial charge in [0.05, 0.1) is 0 Å². The molecule has 3 rings (SSSR count). The first-order valence-electron chi connectivity index (χ1n) is 7.31. The van der Waals surface area contributed by atoms with Gasteiger partial charge in [-0.25, -0.2) is 0 Å². The van der Waals surface area contributed by atoms with Crippen molar-refractivity contribution in [1.82, 2.24) is 0 Å². The fourth-order valence-electron chi connectivity index (χ4n) is 3.16. The Bertz CT molecular complexity index is 639. The molecule has 1 aliphatic carbocycles. The van der Waals surface area contributed by atoms with E-state index in [1.165, 1.54) is 36.0 Å². The molecule has 1 aliphatic rings. The highest BCUT2D eigenvalue weighted by atomic mass is 79.9. The first kappa shape index (κ1) is 15.4. The molecule has 21 heavy (non-hydrogen) atoms. The van der Waals surface area contributed by atoms with Gasteiger partial charge in [-0.3, -0.25) is 0 Å². The van der Waals surface area contributed by atoms with E-state index >= 15 is 0 Å². The molecule has 0 saturated heterocycles. The molecule has 2 unspecified atom stereocenters. The van der Waals surface area contributed by atoms with Crippen LogP contribution in [0, 0.1) is 5.92 Å². The average molecular weight is 384 g/mol. The Morgan fingerprint density at radius 2 is 1.90 bits per heavy atom. The van der Waals surface area contributed by atoms with Crippen LogP contribution in [0.2, 0.25) is 10.0 Å². The van der Waals surface area contributed by atoms with Gasteiger partial charge in [0.1, 0.15) is 0 Å². The van der Waals surface area contributed by atoms with Crippen LogP contribution < -0.4 is 0 Å². The standard InChI is InChI=1S/C18H17BrCl2/c19-18-14(10-13-8-9-15(20)11-17(13)21)6-3-5-12-4-1-2-7-16(12)18/h1-2,4,7-9,11,14,18H,3,5-6,10H2. The summed E-state index contributed by atoms with van der Waals surface area (Å²) in [6.07, 6.45) is 4.60. The van der Waals surface area contributed by atoms with Gasteiger partial charge in [0.2, 0.25) is 0 Å². The summed E-state index contributed by atoms with van der Waals surface area (Å²) in [6.45, 7) is 0. The SMILES string of the molecule is Clc1ccc(CC2CCCc3ccccc3C2Br)c(Cl)c1. The second kappa shape index (κ2) is 6.73. The molecule has 2 aromatic rings. The molecule has 2 atom stereocenters. The zero-order valence-corrected chi connectivity index (χ0v) is 14.8. The first-order valence-corrected chi connectivity index (χ1v) is 8.98. The Kier molecular flexibility index (Phi) is 4.93. The average Bonchev–Trinajstić information content (AvgIpc) is 2.63. The van der Waals surface area contributed by atoms with Gasteiger partial charge < -0.3 is 0 Å². The van der Waals surface area contributed by atoms with Crippen molar-refractivity contribution in [2.75, 3.05) is 0 Å². The van der Waals surface area contributed by atoms with Crippen LogP contribution in [0.5, 0.6) is 0 Å². The summed E-state index contributed by atoms with van der Waals surface area (Å²) < 4.78 is 0. The van der Waals surface area contributed by atoms with Crippen LogP contribution in [-0.4, -0.2) is 0 Å². The van der Waals surface area contributed by atoms with E-state index in [0.717, 1.165) is 11.4 Å². The van der Waals surface area contributed by atoms with E-state index in [-0.39, 0.29) is 0 Å². The predicted molar refractivity (Wildman–Crippen MR) is 94.7 cm³/mol. The van der Waals surface area contributed by atoms with Gasteiger partial charge in [-0.2, -0.15) is 0 Å². The summed E-state index contributed by atoms with van der Waals surface area (Å²) in [7, 11) is 0. The minimum Gasteiger partial charge on any atom is -0.0843 e. The molecule has 110 valence electrons. The number of rotatable bonds is 2. The van der Waals surface area contributed by atoms with Gasteiger partial charge in [0, 0.05) is 14.9 Å². The zero-order valence-electron chi connectivity index (χ0n) is 11.7. The van der Waals surface area contributed by atoms with Crippen molar-refractivity contribution in [3.63, 3.8) is 0 Å². The fraction of sp³-hybridized carbons (Fsp3) is 0.333. The maximum Gasteiger partial charge on any atom is 0.0452 e. The Morgan fingerprint density at radius 3 is 2.71 bits per heavy atom. The van der Waals surface area contributed by atoms with E-state index < -0.39 is 0 Å². The van der Waals surface area contributed by atoms with Crippen LogP contribution in [0.4, 0.5) is 0 Å². The van der Waals surface area contributed by atoms with Crippen LogP contribution in [0.3, 0.4) is 0 Å². The number of fused-ring (bicyclic) bond motifs is 1. The van der Waals surface area contributed by atoms with Gasteiger partial charge in [0.25, 0.3) is 0 Å². The van der Waals surface area contributed by atoms with E-state index in [1.54, 1.807) is 0 Å². The molecular formula is C18H17BrCl2. The van der Waals surface area contributed by atoms with Crippen molar-refractivity contribution >= 4 is 39.1 Å². The summed E-state index contributed by atoms with van der Waals surface area (Å²) in [6, 6.07) is 14.6. The highest BCUT2D eigenvalue weighted by Gasteiger charge is 2.26. The van der Waals surface area contributed by atoms with Crippen molar-refractivity contribution in [3.05, 3.63) is 69.2 Å². The number of benzene rings is 2. The molecule has 0 N–H and O–H groups in total. The highest BCUT2D eigenvalue weighted by molar-refractivity contribution is 9.09. The Hall–Kier alpha value is -0.500. The third kappa shape index (κ3) is 3.47. The van der Waals surface area contributed by atoms with Gasteiger partial charge in [-0.15, -0.1) is 0 Å². The number of hydrogen-bond acceptors (Lipinski definition) is 0. The maximum atomic E-state index is 6.34. The monoisotopic (exact) mass is 382 g/mol. The van der Waals surface area contributed by atoms with Crippen molar-refractivity contribution in [3.8, 4) is 0 Å². The maximum absolute atomic E-state index is 6.34. The third-order valence-corrected chi connectivity index (χ3v) is 6.11. The Balaban J connectivity index is 1.86. The molecule has 2 aromatic carbocycles. The summed E-state index contributed by atoms with van der Waals surface area (Å²) in [5.41, 5.74) is 4.10. The Labute approximate surface area is 144 Å². The summed E-state index contributed by atoms with van der Waals surface area (Å²) in [5.74, 6) is 0.562. The molecule has 0 nitrogen and oxygen atoms in total. The number of hydrogen-bond donors (Lipinski definition) is 0. The quantitative estimate of drug-likeness (QED) is 0.403. The molecule has 0 radical (unpaired) electrons. The largest absolute Gasteiger partial charge is 0.0843 e. The van der Waals surface area contributed by atoms with Gasteiger partial charge in [0.15, 0.2) is 0 Å². The van der Waals surface area contributed by atoms with E-state index in [1.807, 2.05) is 12.1 Å². The normalized spacial score (nSPS) is 21.7. The van der Waals surface area contributed by atoms with E-state index in [2.05, 4.69) is 46.3 Å². The lowest BCUT2D eigenvalue weighted by atomic mass is 9.90. The summed E-state index contributed by atoms with van der Waals surface area (Å²) in [4.78, 5) is 0.392. The molecule has 0 amide bonds. The van der Waals surface area contributed by atoms with Crippen LogP contribution in [0.1, 0.15) is 34.4 Å². The fourth-order valence-corrected chi connectivity index (χ4v) is 4.54. The smallest absolute Gasteiger partial charge is 0.0452 e. The second-order valence-corrected chi connectivity index (χ2v) is 7.52. The highest BCUT2D eigenvalue weighted by Crippen LogP contribution is 2.41. The molecule has 0 saturated carbocycles. The zero-order chi connectivity index (χ0) is 14.8. The van der Waals surface area contributed by atoms with Crippen LogP contribution >= 0.6 is 39.1 Å². The van der Waals surface area contributed by atoms with Crippen molar-refractivity contribution in [2.45, 2.75) is 30.5 Å². The lowest BCUT2D eigenvalue weighted by molar-refractivity contribution is 0.475. The first-order chi connectivity index (χ1) is 10.1. The van der Waals surface area contributed by atoms with Crippen LogP contribution in [-0.2, 0) is 12.8 Å². The predicted octanol–water partition coefficient (Wildman–Crippen LogP) is 6.62. The molecule has 0 aliphatic heterocycles. The van der Waals surface area contributed by atoms with E-state index in [4.69, 9.17) is 23.2 Å². The molecular weight excluding hydrogens is 367 g/mol. The molecule has 0 fully saturated rings. The van der Waals surface area contributed by atoms with E-state index in [0.29, 0.717) is 15.8 Å². The topological polar surface area (TPSA) is 0 Å². The second-order valence-electron chi connectivity index (χ2n) is 5.69. The van der Waals surface area contributed by atoms with Gasteiger partial charge in [-0.1, -0.05) is 69.5 Å². The number of alkyl halides is 1. The molecule has 3 heteroatoms. The number of aryl methyl sites for hydroxylation is 1. The van der Waals surface area contributed by atoms with Crippen molar-refractivity contribution in [1.29, 1.82) is 0 Å². The van der Waals surface area contributed by atoms with Gasteiger partial charge >= 0.3 is 0 Å². The van der Waals surface area contributed by atoms with Crippen LogP contribution in [0.25, 0.3) is 0 Å². The minimum atomic E-state index is 0.392. The minimum absolute atomic E-state index is 0.392. The lowest BCUT2D eigenvalue weighted by Crippen LogP contribution is -2.10. The molecule has 0 bridgehead atoms. The third-order valence-electron chi connectivity index (χ3n) is 4.28.